The zero-order valence-electron chi connectivity index (χ0n) is 16.6. The van der Waals surface area contributed by atoms with Crippen LogP contribution in [0.2, 0.25) is 0 Å². The molecular formula is C21H26N2O4. The first-order valence-corrected chi connectivity index (χ1v) is 8.54. The third-order valence-corrected chi connectivity index (χ3v) is 4.12. The molecule has 0 atom stereocenters. The van der Waals surface area contributed by atoms with Gasteiger partial charge in [-0.15, -0.1) is 0 Å². The van der Waals surface area contributed by atoms with Crippen LogP contribution >= 0.6 is 0 Å². The number of benzene rings is 2. The van der Waals surface area contributed by atoms with E-state index in [2.05, 4.69) is 31.3 Å². The van der Waals surface area contributed by atoms with Gasteiger partial charge in [-0.1, -0.05) is 32.9 Å². The predicted molar refractivity (Wildman–Crippen MR) is 106 cm³/mol. The smallest absolute Gasteiger partial charge is 0.271 e. The summed E-state index contributed by atoms with van der Waals surface area (Å²) in [6.07, 6.45) is 1.50. The molecule has 0 heterocycles. The van der Waals surface area contributed by atoms with Crippen LogP contribution in [0.15, 0.2) is 41.5 Å². The summed E-state index contributed by atoms with van der Waals surface area (Å²) in [5.41, 5.74) is 4.92. The number of ether oxygens (including phenoxy) is 3. The van der Waals surface area contributed by atoms with Crippen molar-refractivity contribution >= 4 is 12.1 Å². The standard InChI is InChI=1S/C21H26N2O4/c1-21(2,3)16-10-7-14(8-11-16)20(24)23-22-13-15-9-12-17(25-4)19(27-6)18(15)26-5/h7-13H,1-6H3,(H,23,24). The van der Waals surface area contributed by atoms with Crippen LogP contribution in [0.5, 0.6) is 17.2 Å². The Hall–Kier alpha value is -3.02. The Morgan fingerprint density at radius 3 is 2.07 bits per heavy atom. The maximum atomic E-state index is 12.3. The van der Waals surface area contributed by atoms with Crippen molar-refractivity contribution in [3.8, 4) is 17.2 Å². The van der Waals surface area contributed by atoms with Gasteiger partial charge >= 0.3 is 0 Å². The Morgan fingerprint density at radius 1 is 0.926 bits per heavy atom. The summed E-state index contributed by atoms with van der Waals surface area (Å²) in [5.74, 6) is 1.21. The van der Waals surface area contributed by atoms with Crippen LogP contribution in [0.3, 0.4) is 0 Å². The summed E-state index contributed by atoms with van der Waals surface area (Å²) in [5, 5.41) is 4.03. The van der Waals surface area contributed by atoms with Gasteiger partial charge in [0.2, 0.25) is 5.75 Å². The zero-order chi connectivity index (χ0) is 20.0. The van der Waals surface area contributed by atoms with Crippen molar-refractivity contribution in [1.29, 1.82) is 0 Å². The maximum absolute atomic E-state index is 12.3. The second kappa shape index (κ2) is 8.58. The first kappa shape index (κ1) is 20.3. The van der Waals surface area contributed by atoms with Gasteiger partial charge in [-0.3, -0.25) is 4.79 Å². The van der Waals surface area contributed by atoms with Crippen molar-refractivity contribution in [3.63, 3.8) is 0 Å². The fraction of sp³-hybridized carbons (Fsp3) is 0.333. The Morgan fingerprint density at radius 2 is 1.56 bits per heavy atom. The lowest BCUT2D eigenvalue weighted by Crippen LogP contribution is -2.18. The van der Waals surface area contributed by atoms with Crippen LogP contribution in [0.4, 0.5) is 0 Å². The minimum Gasteiger partial charge on any atom is -0.493 e. The average Bonchev–Trinajstić information content (AvgIpc) is 2.66. The van der Waals surface area contributed by atoms with E-state index in [4.69, 9.17) is 14.2 Å². The van der Waals surface area contributed by atoms with Crippen molar-refractivity contribution in [3.05, 3.63) is 53.1 Å². The maximum Gasteiger partial charge on any atom is 0.271 e. The minimum atomic E-state index is -0.286. The summed E-state index contributed by atoms with van der Waals surface area (Å²) in [6, 6.07) is 11.0. The molecule has 0 aromatic heterocycles. The highest BCUT2D eigenvalue weighted by Gasteiger charge is 2.15. The first-order chi connectivity index (χ1) is 12.8. The van der Waals surface area contributed by atoms with Gasteiger partial charge in [-0.25, -0.2) is 5.43 Å². The van der Waals surface area contributed by atoms with Crippen molar-refractivity contribution in [2.45, 2.75) is 26.2 Å². The largest absolute Gasteiger partial charge is 0.493 e. The minimum absolute atomic E-state index is 0.0388. The zero-order valence-corrected chi connectivity index (χ0v) is 16.6. The lowest BCUT2D eigenvalue weighted by atomic mass is 9.87. The summed E-state index contributed by atoms with van der Waals surface area (Å²) >= 11 is 0. The third-order valence-electron chi connectivity index (χ3n) is 4.12. The molecule has 1 N–H and O–H groups in total. The molecule has 27 heavy (non-hydrogen) atoms. The quantitative estimate of drug-likeness (QED) is 0.621. The molecule has 0 bridgehead atoms. The molecule has 144 valence electrons. The number of hydrogen-bond acceptors (Lipinski definition) is 5. The van der Waals surface area contributed by atoms with Gasteiger partial charge in [-0.05, 0) is 35.2 Å². The number of nitrogens with zero attached hydrogens (tertiary/aromatic N) is 1. The Labute approximate surface area is 160 Å². The molecule has 2 aromatic rings. The molecule has 0 saturated carbocycles. The van der Waals surface area contributed by atoms with Crippen LogP contribution in [-0.4, -0.2) is 33.5 Å². The van der Waals surface area contributed by atoms with Crippen LogP contribution in [0, 0.1) is 0 Å². The molecule has 1 amide bonds. The summed E-state index contributed by atoms with van der Waals surface area (Å²) in [6.45, 7) is 6.38. The molecule has 6 nitrogen and oxygen atoms in total. The molecule has 0 saturated heterocycles. The van der Waals surface area contributed by atoms with Gasteiger partial charge < -0.3 is 14.2 Å². The van der Waals surface area contributed by atoms with E-state index >= 15 is 0 Å². The molecule has 0 fully saturated rings. The van der Waals surface area contributed by atoms with E-state index in [9.17, 15) is 4.79 Å². The number of amides is 1. The topological polar surface area (TPSA) is 69.2 Å². The van der Waals surface area contributed by atoms with Gasteiger partial charge in [0.25, 0.3) is 5.91 Å². The van der Waals surface area contributed by atoms with Crippen LogP contribution in [0.1, 0.15) is 42.3 Å². The highest BCUT2D eigenvalue weighted by Crippen LogP contribution is 2.38. The fourth-order valence-electron chi connectivity index (χ4n) is 2.57. The molecule has 2 rings (SSSR count). The molecule has 0 radical (unpaired) electrons. The van der Waals surface area contributed by atoms with Crippen molar-refractivity contribution in [1.82, 2.24) is 5.43 Å². The second-order valence-electron chi connectivity index (χ2n) is 6.95. The summed E-state index contributed by atoms with van der Waals surface area (Å²) < 4.78 is 16.0. The molecule has 2 aromatic carbocycles. The number of hydrogen-bond donors (Lipinski definition) is 1. The van der Waals surface area contributed by atoms with E-state index in [1.165, 1.54) is 20.4 Å². The monoisotopic (exact) mass is 370 g/mol. The molecule has 6 heteroatoms. The number of nitrogens with one attached hydrogen (secondary N) is 1. The molecule has 0 unspecified atom stereocenters. The Kier molecular flexibility index (Phi) is 6.45. The fourth-order valence-corrected chi connectivity index (χ4v) is 2.57. The normalized spacial score (nSPS) is 11.3. The van der Waals surface area contributed by atoms with Gasteiger partial charge in [0, 0.05) is 11.1 Å². The average molecular weight is 370 g/mol. The Bertz CT molecular complexity index is 821. The van der Waals surface area contributed by atoms with E-state index in [1.807, 2.05) is 12.1 Å². The molecular weight excluding hydrogens is 344 g/mol. The van der Waals surface area contributed by atoms with Crippen LogP contribution in [-0.2, 0) is 5.41 Å². The highest BCUT2D eigenvalue weighted by atomic mass is 16.5. The van der Waals surface area contributed by atoms with Crippen molar-refractivity contribution < 1.29 is 19.0 Å². The number of rotatable bonds is 6. The molecule has 0 aliphatic heterocycles. The molecule has 0 aliphatic rings. The Balaban J connectivity index is 2.14. The molecule has 0 aliphatic carbocycles. The van der Waals surface area contributed by atoms with E-state index in [0.29, 0.717) is 28.4 Å². The SMILES string of the molecule is COc1ccc(C=NNC(=O)c2ccc(C(C)(C)C)cc2)c(OC)c1OC. The number of hydrazone groups is 1. The van der Waals surface area contributed by atoms with Gasteiger partial charge in [0.05, 0.1) is 27.5 Å². The van der Waals surface area contributed by atoms with Crippen molar-refractivity contribution in [2.75, 3.05) is 21.3 Å². The van der Waals surface area contributed by atoms with Crippen molar-refractivity contribution in [2.24, 2.45) is 5.10 Å². The predicted octanol–water partition coefficient (Wildman–Crippen LogP) is 3.77. The van der Waals surface area contributed by atoms with Gasteiger partial charge in [-0.2, -0.15) is 5.10 Å². The third kappa shape index (κ3) is 4.78. The number of carbonyl (C=O) groups excluding carboxylic acids is 1. The lowest BCUT2D eigenvalue weighted by Gasteiger charge is -2.18. The van der Waals surface area contributed by atoms with Crippen LogP contribution in [0.25, 0.3) is 0 Å². The van der Waals surface area contributed by atoms with Gasteiger partial charge in [0.1, 0.15) is 0 Å². The van der Waals surface area contributed by atoms with E-state index in [1.54, 1.807) is 31.4 Å². The highest BCUT2D eigenvalue weighted by molar-refractivity contribution is 5.95. The lowest BCUT2D eigenvalue weighted by molar-refractivity contribution is 0.0955. The van der Waals surface area contributed by atoms with Gasteiger partial charge in [0.15, 0.2) is 11.5 Å². The summed E-state index contributed by atoms with van der Waals surface area (Å²) in [4.78, 5) is 12.3. The van der Waals surface area contributed by atoms with E-state index in [0.717, 1.165) is 5.56 Å². The molecule has 0 spiro atoms. The van der Waals surface area contributed by atoms with Crippen LogP contribution < -0.4 is 19.6 Å². The van der Waals surface area contributed by atoms with E-state index in [-0.39, 0.29) is 11.3 Å². The summed E-state index contributed by atoms with van der Waals surface area (Å²) in [7, 11) is 4.62. The number of methoxy groups -OCH3 is 3. The second-order valence-corrected chi connectivity index (χ2v) is 6.95. The number of carbonyl (C=O) groups is 1. The first-order valence-electron chi connectivity index (χ1n) is 8.54. The van der Waals surface area contributed by atoms with E-state index < -0.39 is 0 Å².